The Kier molecular flexibility index (Phi) is 5.51. The normalized spacial score (nSPS) is 19.9. The summed E-state index contributed by atoms with van der Waals surface area (Å²) in [4.78, 5) is 11.7. The number of alkyl halides is 3. The molecule has 0 spiro atoms. The molecule has 10 heteroatoms. The molecule has 24 heavy (non-hydrogen) atoms. The number of nitrogens with one attached hydrogen (secondary N) is 2. The minimum atomic E-state index is -4.53. The molecule has 1 aliphatic heterocycles. The molecule has 1 amide bonds. The maximum atomic E-state index is 12.7. The van der Waals surface area contributed by atoms with Crippen LogP contribution in [0, 0.1) is 0 Å². The third kappa shape index (κ3) is 4.46. The maximum absolute atomic E-state index is 12.7. The lowest BCUT2D eigenvalue weighted by molar-refractivity contribution is -0.123. The molecule has 1 aromatic rings. The Labute approximate surface area is 138 Å². The molecule has 1 fully saturated rings. The Morgan fingerprint density at radius 3 is 2.75 bits per heavy atom. The van der Waals surface area contributed by atoms with Gasteiger partial charge >= 0.3 is 6.18 Å². The fourth-order valence-electron chi connectivity index (χ4n) is 2.40. The topological polar surface area (TPSA) is 78.5 Å². The zero-order valence-electron chi connectivity index (χ0n) is 12.9. The van der Waals surface area contributed by atoms with E-state index >= 15 is 0 Å². The van der Waals surface area contributed by atoms with Crippen molar-refractivity contribution < 1.29 is 26.4 Å². The number of hydrogen-bond acceptors (Lipinski definition) is 4. The molecule has 2 N–H and O–H groups in total. The van der Waals surface area contributed by atoms with Crippen molar-refractivity contribution in [3.63, 3.8) is 0 Å². The number of rotatable bonds is 4. The molecular weight excluding hydrogens is 347 g/mol. The van der Waals surface area contributed by atoms with E-state index in [1.807, 2.05) is 0 Å². The van der Waals surface area contributed by atoms with Crippen LogP contribution < -0.4 is 10.6 Å². The van der Waals surface area contributed by atoms with Gasteiger partial charge in [-0.25, -0.2) is 8.42 Å². The Morgan fingerprint density at radius 1 is 1.42 bits per heavy atom. The van der Waals surface area contributed by atoms with Gasteiger partial charge in [0.1, 0.15) is 6.54 Å². The third-order valence-electron chi connectivity index (χ3n) is 3.59. The molecule has 2 rings (SSSR count). The van der Waals surface area contributed by atoms with Crippen molar-refractivity contribution in [3.8, 4) is 0 Å². The molecule has 0 aliphatic carbocycles. The van der Waals surface area contributed by atoms with Crippen molar-refractivity contribution in [2.45, 2.75) is 24.0 Å². The van der Waals surface area contributed by atoms with E-state index < -0.39 is 28.7 Å². The van der Waals surface area contributed by atoms with E-state index in [9.17, 15) is 26.4 Å². The second-order valence-electron chi connectivity index (χ2n) is 5.49. The Morgan fingerprint density at radius 2 is 2.12 bits per heavy atom. The molecule has 1 saturated heterocycles. The third-order valence-corrected chi connectivity index (χ3v) is 5.60. The quantitative estimate of drug-likeness (QED) is 0.833. The lowest BCUT2D eigenvalue weighted by atomic mass is 10.2. The van der Waals surface area contributed by atoms with Crippen molar-refractivity contribution in [1.82, 2.24) is 14.9 Å². The molecular formula is C14H18F3N3O3S. The van der Waals surface area contributed by atoms with E-state index in [1.165, 1.54) is 22.5 Å². The van der Waals surface area contributed by atoms with Crippen LogP contribution in [-0.2, 0) is 10.0 Å². The number of sulfonamides is 1. The van der Waals surface area contributed by atoms with Crippen LogP contribution in [0.2, 0.25) is 0 Å². The van der Waals surface area contributed by atoms with Gasteiger partial charge in [0.25, 0.3) is 5.91 Å². The zero-order valence-corrected chi connectivity index (χ0v) is 13.7. The Balaban J connectivity index is 2.21. The van der Waals surface area contributed by atoms with Crippen LogP contribution in [0.25, 0.3) is 0 Å². The summed E-state index contributed by atoms with van der Waals surface area (Å²) in [5.41, 5.74) is -0.136. The fraction of sp³-hybridized carbons (Fsp3) is 0.500. The number of carbonyl (C=O) groups is 1. The van der Waals surface area contributed by atoms with E-state index in [1.54, 1.807) is 12.2 Å². The highest BCUT2D eigenvalue weighted by molar-refractivity contribution is 7.89. The molecule has 1 aromatic carbocycles. The SMILES string of the molecule is CC1CNCCN1S(=O)(=O)c1cccc(C(=O)NCC(F)(F)F)c1. The average Bonchev–Trinajstić information content (AvgIpc) is 2.52. The number of hydrogen-bond donors (Lipinski definition) is 2. The summed E-state index contributed by atoms with van der Waals surface area (Å²) in [5, 5.41) is 4.80. The van der Waals surface area contributed by atoms with Crippen LogP contribution in [0.4, 0.5) is 13.2 Å². The smallest absolute Gasteiger partial charge is 0.343 e. The molecule has 1 heterocycles. The second-order valence-corrected chi connectivity index (χ2v) is 7.39. The summed E-state index contributed by atoms with van der Waals surface area (Å²) >= 11 is 0. The summed E-state index contributed by atoms with van der Waals surface area (Å²) in [6.07, 6.45) is -4.53. The van der Waals surface area contributed by atoms with E-state index in [-0.39, 0.29) is 23.0 Å². The van der Waals surface area contributed by atoms with Gasteiger partial charge in [-0.05, 0) is 25.1 Å². The van der Waals surface area contributed by atoms with Crippen LogP contribution in [0.3, 0.4) is 0 Å². The van der Waals surface area contributed by atoms with E-state index in [2.05, 4.69) is 5.32 Å². The number of nitrogens with zero attached hydrogens (tertiary/aromatic N) is 1. The highest BCUT2D eigenvalue weighted by Gasteiger charge is 2.32. The van der Waals surface area contributed by atoms with Crippen molar-refractivity contribution in [3.05, 3.63) is 29.8 Å². The van der Waals surface area contributed by atoms with Gasteiger partial charge in [-0.2, -0.15) is 17.5 Å². The van der Waals surface area contributed by atoms with Gasteiger partial charge in [0.2, 0.25) is 10.0 Å². The largest absolute Gasteiger partial charge is 0.405 e. The standard InChI is InChI=1S/C14H18F3N3O3S/c1-10-8-18-5-6-20(10)24(22,23)12-4-2-3-11(7-12)13(21)19-9-14(15,16)17/h2-4,7,10,18H,5-6,8-9H2,1H3,(H,19,21). The molecule has 0 radical (unpaired) electrons. The van der Waals surface area contributed by atoms with Gasteiger partial charge in [0.05, 0.1) is 4.90 Å². The predicted molar refractivity (Wildman–Crippen MR) is 81.1 cm³/mol. The number of halogens is 3. The Hall–Kier alpha value is -1.65. The van der Waals surface area contributed by atoms with Gasteiger partial charge in [0.15, 0.2) is 0 Å². The molecule has 1 unspecified atom stereocenters. The first kappa shape index (κ1) is 18.7. The van der Waals surface area contributed by atoms with E-state index in [0.29, 0.717) is 13.1 Å². The number of amides is 1. The van der Waals surface area contributed by atoms with Crippen molar-refractivity contribution in [2.24, 2.45) is 0 Å². The lowest BCUT2D eigenvalue weighted by Gasteiger charge is -2.32. The minimum Gasteiger partial charge on any atom is -0.343 e. The molecule has 6 nitrogen and oxygen atoms in total. The molecule has 0 saturated carbocycles. The molecule has 0 aromatic heterocycles. The monoisotopic (exact) mass is 365 g/mol. The van der Waals surface area contributed by atoms with E-state index in [0.717, 1.165) is 6.07 Å². The van der Waals surface area contributed by atoms with Crippen LogP contribution in [0.5, 0.6) is 0 Å². The summed E-state index contributed by atoms with van der Waals surface area (Å²) in [7, 11) is -3.82. The van der Waals surface area contributed by atoms with Crippen LogP contribution >= 0.6 is 0 Å². The lowest BCUT2D eigenvalue weighted by Crippen LogP contribution is -2.52. The van der Waals surface area contributed by atoms with Crippen molar-refractivity contribution >= 4 is 15.9 Å². The first-order valence-corrected chi connectivity index (χ1v) is 8.73. The highest BCUT2D eigenvalue weighted by atomic mass is 32.2. The van der Waals surface area contributed by atoms with Gasteiger partial charge in [-0.3, -0.25) is 4.79 Å². The molecule has 1 aliphatic rings. The summed E-state index contributed by atoms with van der Waals surface area (Å²) in [6, 6.07) is 4.76. The Bertz CT molecular complexity index is 707. The summed E-state index contributed by atoms with van der Waals surface area (Å²) < 4.78 is 63.2. The van der Waals surface area contributed by atoms with Gasteiger partial charge in [-0.1, -0.05) is 6.07 Å². The van der Waals surface area contributed by atoms with Crippen molar-refractivity contribution in [2.75, 3.05) is 26.2 Å². The van der Waals surface area contributed by atoms with Crippen LogP contribution in [-0.4, -0.2) is 57.0 Å². The van der Waals surface area contributed by atoms with Gasteiger partial charge < -0.3 is 10.6 Å². The molecule has 134 valence electrons. The second kappa shape index (κ2) is 7.08. The number of piperazine rings is 1. The molecule has 0 bridgehead atoms. The first-order valence-electron chi connectivity index (χ1n) is 7.29. The van der Waals surface area contributed by atoms with Crippen molar-refractivity contribution in [1.29, 1.82) is 0 Å². The zero-order chi connectivity index (χ0) is 18.0. The van der Waals surface area contributed by atoms with Crippen LogP contribution in [0.15, 0.2) is 29.2 Å². The van der Waals surface area contributed by atoms with Gasteiger partial charge in [-0.15, -0.1) is 0 Å². The summed E-state index contributed by atoms with van der Waals surface area (Å²) in [5.74, 6) is -0.974. The molecule has 1 atom stereocenters. The average molecular weight is 365 g/mol. The van der Waals surface area contributed by atoms with Crippen LogP contribution in [0.1, 0.15) is 17.3 Å². The fourth-order valence-corrected chi connectivity index (χ4v) is 4.07. The summed E-state index contributed by atoms with van der Waals surface area (Å²) in [6.45, 7) is 1.58. The minimum absolute atomic E-state index is 0.115. The number of carbonyl (C=O) groups excluding carboxylic acids is 1. The van der Waals surface area contributed by atoms with Gasteiger partial charge in [0, 0.05) is 31.2 Å². The predicted octanol–water partition coefficient (Wildman–Crippen LogP) is 0.961. The highest BCUT2D eigenvalue weighted by Crippen LogP contribution is 2.20. The van der Waals surface area contributed by atoms with E-state index in [4.69, 9.17) is 0 Å². The first-order chi connectivity index (χ1) is 11.1. The number of benzene rings is 1. The maximum Gasteiger partial charge on any atom is 0.405 e.